The van der Waals surface area contributed by atoms with Crippen LogP contribution in [0.15, 0.2) is 76.7 Å². The molecule has 0 unspecified atom stereocenters. The molecule has 3 aromatic carbocycles. The number of nitrogens with zero attached hydrogens (tertiary/aromatic N) is 2. The van der Waals surface area contributed by atoms with Crippen molar-refractivity contribution in [3.8, 4) is 0 Å². The van der Waals surface area contributed by atoms with E-state index in [1.165, 1.54) is 18.3 Å². The Morgan fingerprint density at radius 3 is 2.15 bits per heavy atom. The van der Waals surface area contributed by atoms with E-state index in [1.54, 1.807) is 42.5 Å². The first-order chi connectivity index (χ1) is 16.1. The number of hydrogen-bond donors (Lipinski definition) is 1. The third-order valence-corrected chi connectivity index (χ3v) is 7.57. The van der Waals surface area contributed by atoms with Gasteiger partial charge in [-0.3, -0.25) is 9.10 Å². The van der Waals surface area contributed by atoms with Crippen molar-refractivity contribution in [1.82, 2.24) is 5.43 Å². The predicted octanol–water partition coefficient (Wildman–Crippen LogP) is 5.77. The summed E-state index contributed by atoms with van der Waals surface area (Å²) in [5.41, 5.74) is 5.16. The Labute approximate surface area is 210 Å². The van der Waals surface area contributed by atoms with Crippen LogP contribution in [0, 0.1) is 6.92 Å². The van der Waals surface area contributed by atoms with Crippen LogP contribution in [0.5, 0.6) is 0 Å². The molecule has 0 aromatic heterocycles. The van der Waals surface area contributed by atoms with E-state index in [2.05, 4.69) is 10.5 Å². The standard InChI is InChI=1S/C25H25Cl2N3O3S/c1-17(2)19-9-11-20(12-10-19)30(34(32,33)21-13-7-18(3)8-14-21)16-25(31)29-28-15-22-23(26)5-4-6-24(22)27/h4-15,17H,16H2,1-3H3,(H,29,31)/b28-15-. The lowest BCUT2D eigenvalue weighted by atomic mass is 10.0. The highest BCUT2D eigenvalue weighted by molar-refractivity contribution is 7.92. The second-order valence-corrected chi connectivity index (χ2v) is 10.7. The lowest BCUT2D eigenvalue weighted by Crippen LogP contribution is -2.39. The highest BCUT2D eigenvalue weighted by Crippen LogP contribution is 2.26. The molecule has 6 nitrogen and oxygen atoms in total. The van der Waals surface area contributed by atoms with Crippen LogP contribution in [-0.2, 0) is 14.8 Å². The van der Waals surface area contributed by atoms with Crippen molar-refractivity contribution in [3.63, 3.8) is 0 Å². The molecule has 1 amide bonds. The number of halogens is 2. The molecule has 0 aliphatic carbocycles. The fourth-order valence-electron chi connectivity index (χ4n) is 3.15. The zero-order chi connectivity index (χ0) is 24.9. The summed E-state index contributed by atoms with van der Waals surface area (Å²) in [7, 11) is -4.01. The molecule has 0 radical (unpaired) electrons. The molecular formula is C25H25Cl2N3O3S. The molecule has 0 saturated carbocycles. The molecule has 9 heteroatoms. The number of carbonyl (C=O) groups excluding carboxylic acids is 1. The molecule has 0 spiro atoms. The van der Waals surface area contributed by atoms with Gasteiger partial charge in [-0.15, -0.1) is 0 Å². The molecule has 0 aliphatic heterocycles. The zero-order valence-electron chi connectivity index (χ0n) is 19.0. The minimum atomic E-state index is -4.01. The SMILES string of the molecule is Cc1ccc(S(=O)(=O)N(CC(=O)N/N=C\c2c(Cl)cccc2Cl)c2ccc(C(C)C)cc2)cc1. The van der Waals surface area contributed by atoms with E-state index in [0.717, 1.165) is 15.4 Å². The van der Waals surface area contributed by atoms with Crippen LogP contribution in [0.2, 0.25) is 10.0 Å². The molecule has 0 aliphatic rings. The van der Waals surface area contributed by atoms with Gasteiger partial charge in [-0.2, -0.15) is 5.10 Å². The van der Waals surface area contributed by atoms with Gasteiger partial charge in [0.2, 0.25) is 0 Å². The minimum absolute atomic E-state index is 0.0881. The number of amides is 1. The molecule has 0 fully saturated rings. The summed E-state index contributed by atoms with van der Waals surface area (Å²) in [5.74, 6) is -0.339. The Morgan fingerprint density at radius 1 is 1.00 bits per heavy atom. The van der Waals surface area contributed by atoms with Crippen LogP contribution in [-0.4, -0.2) is 27.1 Å². The minimum Gasteiger partial charge on any atom is -0.271 e. The van der Waals surface area contributed by atoms with E-state index in [4.69, 9.17) is 23.2 Å². The maximum absolute atomic E-state index is 13.5. The third kappa shape index (κ3) is 6.17. The van der Waals surface area contributed by atoms with E-state index >= 15 is 0 Å². The molecule has 34 heavy (non-hydrogen) atoms. The molecule has 0 bridgehead atoms. The average molecular weight is 518 g/mol. The number of benzene rings is 3. The number of hydrazone groups is 1. The summed E-state index contributed by atoms with van der Waals surface area (Å²) < 4.78 is 28.0. The molecule has 0 saturated heterocycles. The van der Waals surface area contributed by atoms with Crippen LogP contribution in [0.1, 0.15) is 36.5 Å². The van der Waals surface area contributed by atoms with Crippen LogP contribution < -0.4 is 9.73 Å². The van der Waals surface area contributed by atoms with Gasteiger partial charge in [-0.1, -0.05) is 72.9 Å². The summed E-state index contributed by atoms with van der Waals surface area (Å²) in [4.78, 5) is 12.8. The first-order valence-corrected chi connectivity index (χ1v) is 12.7. The van der Waals surface area contributed by atoms with Gasteiger partial charge in [0.1, 0.15) is 6.54 Å². The van der Waals surface area contributed by atoms with Crippen molar-refractivity contribution in [3.05, 3.63) is 93.5 Å². The lowest BCUT2D eigenvalue weighted by Gasteiger charge is -2.24. The molecule has 0 atom stereocenters. The van der Waals surface area contributed by atoms with Crippen molar-refractivity contribution < 1.29 is 13.2 Å². The van der Waals surface area contributed by atoms with Gasteiger partial charge < -0.3 is 0 Å². The van der Waals surface area contributed by atoms with Crippen molar-refractivity contribution in [2.45, 2.75) is 31.6 Å². The number of rotatable bonds is 8. The maximum atomic E-state index is 13.5. The normalized spacial score (nSPS) is 11.7. The Hall–Kier alpha value is -2.87. The molecule has 3 rings (SSSR count). The monoisotopic (exact) mass is 517 g/mol. The van der Waals surface area contributed by atoms with E-state index in [-0.39, 0.29) is 10.8 Å². The number of aryl methyl sites for hydroxylation is 1. The van der Waals surface area contributed by atoms with Gasteiger partial charge in [-0.25, -0.2) is 13.8 Å². The first-order valence-electron chi connectivity index (χ1n) is 10.5. The van der Waals surface area contributed by atoms with Crippen LogP contribution in [0.4, 0.5) is 5.69 Å². The Morgan fingerprint density at radius 2 is 1.59 bits per heavy atom. The number of carbonyl (C=O) groups is 1. The molecule has 0 heterocycles. The molecule has 1 N–H and O–H groups in total. The van der Waals surface area contributed by atoms with Gasteiger partial charge in [0.25, 0.3) is 15.9 Å². The van der Waals surface area contributed by atoms with Crippen LogP contribution in [0.25, 0.3) is 0 Å². The Kier molecular flexibility index (Phi) is 8.36. The number of nitrogens with one attached hydrogen (secondary N) is 1. The van der Waals surface area contributed by atoms with E-state index in [1.807, 2.05) is 32.9 Å². The second kappa shape index (κ2) is 11.0. The third-order valence-electron chi connectivity index (χ3n) is 5.13. The quantitative estimate of drug-likeness (QED) is 0.304. The number of sulfonamides is 1. The largest absolute Gasteiger partial charge is 0.271 e. The summed E-state index contributed by atoms with van der Waals surface area (Å²) in [5, 5.41) is 4.65. The summed E-state index contributed by atoms with van der Waals surface area (Å²) in [6.07, 6.45) is 1.32. The summed E-state index contributed by atoms with van der Waals surface area (Å²) >= 11 is 12.2. The Bertz CT molecular complexity index is 1270. The van der Waals surface area contributed by atoms with E-state index < -0.39 is 22.5 Å². The molecule has 178 valence electrons. The van der Waals surface area contributed by atoms with Crippen LogP contribution >= 0.6 is 23.2 Å². The van der Waals surface area contributed by atoms with Crippen molar-refractivity contribution in [2.75, 3.05) is 10.8 Å². The maximum Gasteiger partial charge on any atom is 0.264 e. The van der Waals surface area contributed by atoms with Crippen molar-refractivity contribution in [1.29, 1.82) is 0 Å². The predicted molar refractivity (Wildman–Crippen MR) is 138 cm³/mol. The smallest absolute Gasteiger partial charge is 0.264 e. The van der Waals surface area contributed by atoms with E-state index in [9.17, 15) is 13.2 Å². The van der Waals surface area contributed by atoms with Gasteiger partial charge >= 0.3 is 0 Å². The number of anilines is 1. The molecule has 3 aromatic rings. The first kappa shape index (κ1) is 25.7. The topological polar surface area (TPSA) is 78.8 Å². The fourth-order valence-corrected chi connectivity index (χ4v) is 5.06. The van der Waals surface area contributed by atoms with Gasteiger partial charge in [0.15, 0.2) is 0 Å². The second-order valence-electron chi connectivity index (χ2n) is 8.00. The van der Waals surface area contributed by atoms with Crippen molar-refractivity contribution in [2.24, 2.45) is 5.10 Å². The van der Waals surface area contributed by atoms with Gasteiger partial charge in [0.05, 0.1) is 26.8 Å². The molecular weight excluding hydrogens is 493 g/mol. The van der Waals surface area contributed by atoms with Crippen LogP contribution in [0.3, 0.4) is 0 Å². The fraction of sp³-hybridized carbons (Fsp3) is 0.200. The van der Waals surface area contributed by atoms with E-state index in [0.29, 0.717) is 21.3 Å². The van der Waals surface area contributed by atoms with Crippen molar-refractivity contribution >= 4 is 51.0 Å². The summed E-state index contributed by atoms with van der Waals surface area (Å²) in [6.45, 7) is 5.50. The lowest BCUT2D eigenvalue weighted by molar-refractivity contribution is -0.119. The average Bonchev–Trinajstić information content (AvgIpc) is 2.79. The number of hydrogen-bond acceptors (Lipinski definition) is 4. The zero-order valence-corrected chi connectivity index (χ0v) is 21.3. The summed E-state index contributed by atoms with van der Waals surface area (Å²) in [6, 6.07) is 18.6. The van der Waals surface area contributed by atoms with Gasteiger partial charge in [0, 0.05) is 5.56 Å². The highest BCUT2D eigenvalue weighted by atomic mass is 35.5. The Balaban J connectivity index is 1.88. The van der Waals surface area contributed by atoms with Gasteiger partial charge in [-0.05, 0) is 54.8 Å². The highest BCUT2D eigenvalue weighted by Gasteiger charge is 2.27.